The highest BCUT2D eigenvalue weighted by molar-refractivity contribution is 7.89. The van der Waals surface area contributed by atoms with Gasteiger partial charge in [-0.1, -0.05) is 18.2 Å². The van der Waals surface area contributed by atoms with Gasteiger partial charge in [0.2, 0.25) is 10.0 Å². The van der Waals surface area contributed by atoms with Crippen LogP contribution in [0.3, 0.4) is 0 Å². The van der Waals surface area contributed by atoms with Crippen LogP contribution in [0.2, 0.25) is 0 Å². The van der Waals surface area contributed by atoms with Gasteiger partial charge in [-0.05, 0) is 30.3 Å². The Balaban J connectivity index is 1.15. The molecule has 0 unspecified atom stereocenters. The summed E-state index contributed by atoms with van der Waals surface area (Å²) >= 11 is 1.41. The van der Waals surface area contributed by atoms with Crippen LogP contribution in [0.4, 0.5) is 5.82 Å². The molecule has 0 saturated carbocycles. The Hall–Kier alpha value is -2.95. The number of thiophene rings is 1. The van der Waals surface area contributed by atoms with Crippen molar-refractivity contribution in [1.82, 2.24) is 14.6 Å². The zero-order valence-electron chi connectivity index (χ0n) is 17.9. The minimum atomic E-state index is -3.45. The average Bonchev–Trinajstić information content (AvgIpc) is 3.30. The van der Waals surface area contributed by atoms with E-state index >= 15 is 0 Å². The smallest absolute Gasteiger partial charge is 0.261 e. The monoisotopic (exact) mass is 484 g/mol. The molecule has 0 radical (unpaired) electrons. The summed E-state index contributed by atoms with van der Waals surface area (Å²) in [7, 11) is -3.45. The van der Waals surface area contributed by atoms with Gasteiger partial charge in [-0.2, -0.15) is 4.31 Å². The number of benzene rings is 1. The van der Waals surface area contributed by atoms with Crippen LogP contribution in [-0.2, 0) is 16.6 Å². The first-order chi connectivity index (χ1) is 16.0. The molecule has 4 heterocycles. The summed E-state index contributed by atoms with van der Waals surface area (Å²) in [5, 5.41) is 2.77. The number of carbonyl (C=O) groups is 1. The van der Waals surface area contributed by atoms with Crippen molar-refractivity contribution >= 4 is 33.1 Å². The Bertz CT molecular complexity index is 1250. The van der Waals surface area contributed by atoms with Crippen LogP contribution < -0.4 is 15.0 Å². The van der Waals surface area contributed by atoms with Gasteiger partial charge in [0.05, 0.1) is 10.6 Å². The number of carbonyl (C=O) groups excluding carboxylic acids is 1. The lowest BCUT2D eigenvalue weighted by Crippen LogP contribution is -2.50. The first-order valence-corrected chi connectivity index (χ1v) is 13.2. The lowest BCUT2D eigenvalue weighted by molar-refractivity contribution is 0.0960. The number of piperazine rings is 1. The Morgan fingerprint density at radius 2 is 1.88 bits per heavy atom. The number of fused-ring (bicyclic) bond motifs is 3. The minimum Gasteiger partial charge on any atom is -0.488 e. The fourth-order valence-corrected chi connectivity index (χ4v) is 6.51. The number of hydrogen-bond acceptors (Lipinski definition) is 7. The van der Waals surface area contributed by atoms with E-state index in [1.807, 2.05) is 48.5 Å². The van der Waals surface area contributed by atoms with Crippen LogP contribution in [0.1, 0.15) is 15.2 Å². The maximum atomic E-state index is 12.8. The fourth-order valence-electron chi connectivity index (χ4n) is 4.06. The molecule has 2 aliphatic heterocycles. The number of anilines is 1. The Morgan fingerprint density at radius 1 is 1.09 bits per heavy atom. The number of sulfonamides is 1. The summed E-state index contributed by atoms with van der Waals surface area (Å²) in [4.78, 5) is 20.7. The van der Waals surface area contributed by atoms with E-state index in [0.717, 1.165) is 27.6 Å². The standard InChI is InChI=1S/C23H24N4O4S2/c28-23(20-15-17-16-31-19-6-2-1-5-18(19)22(17)32-20)25-9-14-33(29,30)27-12-10-26(11-13-27)21-7-3-4-8-24-21/h1-8,15H,9-14,16H2,(H,25,28). The van der Waals surface area contributed by atoms with Gasteiger partial charge in [0.15, 0.2) is 0 Å². The first kappa shape index (κ1) is 21.9. The van der Waals surface area contributed by atoms with E-state index in [0.29, 0.717) is 37.7 Å². The van der Waals surface area contributed by atoms with Gasteiger partial charge in [-0.3, -0.25) is 4.79 Å². The maximum Gasteiger partial charge on any atom is 0.261 e. The molecule has 33 heavy (non-hydrogen) atoms. The third-order valence-corrected chi connectivity index (χ3v) is 8.88. The highest BCUT2D eigenvalue weighted by Gasteiger charge is 2.28. The summed E-state index contributed by atoms with van der Waals surface area (Å²) in [6.45, 7) is 2.49. The van der Waals surface area contributed by atoms with Crippen LogP contribution in [0.25, 0.3) is 10.4 Å². The lowest BCUT2D eigenvalue weighted by Gasteiger charge is -2.34. The predicted octanol–water partition coefficient (Wildman–Crippen LogP) is 2.58. The molecule has 10 heteroatoms. The molecule has 1 aromatic carbocycles. The zero-order chi connectivity index (χ0) is 22.8. The first-order valence-electron chi connectivity index (χ1n) is 10.8. The number of amides is 1. The van der Waals surface area contributed by atoms with Crippen molar-refractivity contribution < 1.29 is 17.9 Å². The van der Waals surface area contributed by atoms with E-state index in [4.69, 9.17) is 4.74 Å². The Morgan fingerprint density at radius 3 is 2.67 bits per heavy atom. The normalized spacial score (nSPS) is 15.9. The molecule has 2 aromatic heterocycles. The molecule has 3 aromatic rings. The van der Waals surface area contributed by atoms with Crippen molar-refractivity contribution in [3.8, 4) is 16.2 Å². The van der Waals surface area contributed by atoms with Crippen LogP contribution in [0.5, 0.6) is 5.75 Å². The number of nitrogens with one attached hydrogen (secondary N) is 1. The Labute approximate surface area is 196 Å². The van der Waals surface area contributed by atoms with E-state index in [-0.39, 0.29) is 18.2 Å². The molecule has 0 atom stereocenters. The maximum absolute atomic E-state index is 12.8. The molecule has 5 rings (SSSR count). The van der Waals surface area contributed by atoms with Crippen LogP contribution >= 0.6 is 11.3 Å². The molecule has 172 valence electrons. The summed E-state index contributed by atoms with van der Waals surface area (Å²) in [5.74, 6) is 1.28. The van der Waals surface area contributed by atoms with Crippen molar-refractivity contribution in [2.45, 2.75) is 6.61 Å². The van der Waals surface area contributed by atoms with E-state index in [1.54, 1.807) is 6.20 Å². The Kier molecular flexibility index (Phi) is 6.05. The van der Waals surface area contributed by atoms with Gasteiger partial charge >= 0.3 is 0 Å². The third kappa shape index (κ3) is 4.59. The number of hydrogen-bond donors (Lipinski definition) is 1. The van der Waals surface area contributed by atoms with Gasteiger partial charge in [-0.15, -0.1) is 11.3 Å². The minimum absolute atomic E-state index is 0.0667. The number of ether oxygens (including phenoxy) is 1. The highest BCUT2D eigenvalue weighted by Crippen LogP contribution is 2.42. The van der Waals surface area contributed by atoms with Gasteiger partial charge in [0.25, 0.3) is 5.91 Å². The number of aromatic nitrogens is 1. The zero-order valence-corrected chi connectivity index (χ0v) is 19.6. The summed E-state index contributed by atoms with van der Waals surface area (Å²) in [5.41, 5.74) is 1.96. The van der Waals surface area contributed by atoms with Crippen molar-refractivity contribution in [2.24, 2.45) is 0 Å². The van der Waals surface area contributed by atoms with Crippen LogP contribution in [-0.4, -0.2) is 62.1 Å². The fraction of sp³-hybridized carbons (Fsp3) is 0.304. The summed E-state index contributed by atoms with van der Waals surface area (Å²) in [6, 6.07) is 15.3. The summed E-state index contributed by atoms with van der Waals surface area (Å²) in [6.07, 6.45) is 1.73. The van der Waals surface area contributed by atoms with Crippen molar-refractivity contribution in [3.05, 3.63) is 65.2 Å². The molecule has 0 aliphatic carbocycles. The van der Waals surface area contributed by atoms with Crippen molar-refractivity contribution in [3.63, 3.8) is 0 Å². The largest absolute Gasteiger partial charge is 0.488 e. The molecule has 1 saturated heterocycles. The predicted molar refractivity (Wildman–Crippen MR) is 128 cm³/mol. The SMILES string of the molecule is O=C(NCCS(=O)(=O)N1CCN(c2ccccn2)CC1)c1cc2c(s1)-c1ccccc1OC2. The van der Waals surface area contributed by atoms with Crippen LogP contribution in [0.15, 0.2) is 54.7 Å². The topological polar surface area (TPSA) is 91.8 Å². The number of para-hydroxylation sites is 1. The molecule has 8 nitrogen and oxygen atoms in total. The molecule has 1 N–H and O–H groups in total. The lowest BCUT2D eigenvalue weighted by atomic mass is 10.1. The number of nitrogens with zero attached hydrogens (tertiary/aromatic N) is 3. The van der Waals surface area contributed by atoms with Gasteiger partial charge in [-0.25, -0.2) is 13.4 Å². The number of pyridine rings is 1. The average molecular weight is 485 g/mol. The molecule has 2 aliphatic rings. The molecule has 0 spiro atoms. The van der Waals surface area contributed by atoms with E-state index in [2.05, 4.69) is 15.2 Å². The van der Waals surface area contributed by atoms with E-state index < -0.39 is 10.0 Å². The highest BCUT2D eigenvalue weighted by atomic mass is 32.2. The second-order valence-corrected chi connectivity index (χ2v) is 11.0. The van der Waals surface area contributed by atoms with E-state index in [9.17, 15) is 13.2 Å². The van der Waals surface area contributed by atoms with Crippen molar-refractivity contribution in [2.75, 3.05) is 43.4 Å². The molecule has 0 bridgehead atoms. The van der Waals surface area contributed by atoms with Crippen molar-refractivity contribution in [1.29, 1.82) is 0 Å². The molecule has 1 fully saturated rings. The van der Waals surface area contributed by atoms with Gasteiger partial charge < -0.3 is 15.0 Å². The quantitative estimate of drug-likeness (QED) is 0.578. The number of rotatable bonds is 6. The molecular formula is C23H24N4O4S2. The second-order valence-electron chi connectivity index (χ2n) is 7.90. The molecular weight excluding hydrogens is 460 g/mol. The second kappa shape index (κ2) is 9.12. The summed E-state index contributed by atoms with van der Waals surface area (Å²) < 4.78 is 32.8. The van der Waals surface area contributed by atoms with E-state index in [1.165, 1.54) is 15.6 Å². The van der Waals surface area contributed by atoms with Gasteiger partial charge in [0, 0.05) is 54.9 Å². The van der Waals surface area contributed by atoms with Crippen LogP contribution in [0, 0.1) is 0 Å². The van der Waals surface area contributed by atoms with Gasteiger partial charge in [0.1, 0.15) is 18.2 Å². The third-order valence-electron chi connectivity index (χ3n) is 5.80. The molecule has 1 amide bonds.